The zero-order chi connectivity index (χ0) is 20.1. The molecule has 3 heteroatoms. The van der Waals surface area contributed by atoms with E-state index in [-0.39, 0.29) is 11.8 Å². The van der Waals surface area contributed by atoms with Crippen LogP contribution in [0.25, 0.3) is 6.08 Å². The van der Waals surface area contributed by atoms with E-state index in [2.05, 4.69) is 36.2 Å². The van der Waals surface area contributed by atoms with Crippen LogP contribution in [-0.4, -0.2) is 15.8 Å². The molecule has 29 heavy (non-hydrogen) atoms. The molecular formula is C26H24N2O. The van der Waals surface area contributed by atoms with Gasteiger partial charge < -0.3 is 4.90 Å². The third kappa shape index (κ3) is 4.35. The Kier molecular flexibility index (Phi) is 5.66. The lowest BCUT2D eigenvalue weighted by atomic mass is 9.90. The summed E-state index contributed by atoms with van der Waals surface area (Å²) in [6.45, 7) is 2.71. The highest BCUT2D eigenvalue weighted by atomic mass is 16.2. The maximum absolute atomic E-state index is 13.6. The summed E-state index contributed by atoms with van der Waals surface area (Å²) in [7, 11) is 0. The molecule has 0 N–H and O–H groups in total. The summed E-state index contributed by atoms with van der Waals surface area (Å²) in [5, 5.41) is 0. The highest BCUT2D eigenvalue weighted by Gasteiger charge is 2.25. The van der Waals surface area contributed by atoms with Crippen molar-refractivity contribution in [2.24, 2.45) is 0 Å². The summed E-state index contributed by atoms with van der Waals surface area (Å²) >= 11 is 0. The minimum Gasteiger partial charge on any atom is -0.304 e. The summed E-state index contributed by atoms with van der Waals surface area (Å²) in [6, 6.07) is 22.0. The second-order valence-electron chi connectivity index (χ2n) is 7.35. The van der Waals surface area contributed by atoms with Crippen LogP contribution in [-0.2, 0) is 6.54 Å². The van der Waals surface area contributed by atoms with E-state index in [9.17, 15) is 4.79 Å². The average Bonchev–Trinajstić information content (AvgIpc) is 2.78. The number of fused-ring (bicyclic) bond motifs is 1. The monoisotopic (exact) mass is 380 g/mol. The van der Waals surface area contributed by atoms with Crippen LogP contribution >= 0.6 is 0 Å². The predicted molar refractivity (Wildman–Crippen MR) is 117 cm³/mol. The van der Waals surface area contributed by atoms with Crippen molar-refractivity contribution in [2.45, 2.75) is 25.8 Å². The zero-order valence-corrected chi connectivity index (χ0v) is 16.5. The number of allylic oxidation sites excluding steroid dienone is 2. The largest absolute Gasteiger partial charge is 0.304 e. The van der Waals surface area contributed by atoms with E-state index in [4.69, 9.17) is 0 Å². The van der Waals surface area contributed by atoms with Crippen LogP contribution < -0.4 is 0 Å². The van der Waals surface area contributed by atoms with Gasteiger partial charge in [-0.1, -0.05) is 73.7 Å². The van der Waals surface area contributed by atoms with Gasteiger partial charge in [-0.25, -0.2) is 0 Å². The van der Waals surface area contributed by atoms with Crippen LogP contribution in [0.3, 0.4) is 0 Å². The summed E-state index contributed by atoms with van der Waals surface area (Å²) in [5.74, 6) is 0.328. The van der Waals surface area contributed by atoms with E-state index in [0.717, 1.165) is 34.4 Å². The van der Waals surface area contributed by atoms with Crippen molar-refractivity contribution in [2.75, 3.05) is 0 Å². The van der Waals surface area contributed by atoms with Crippen molar-refractivity contribution in [1.29, 1.82) is 0 Å². The van der Waals surface area contributed by atoms with Crippen molar-refractivity contribution in [1.82, 2.24) is 9.88 Å². The first kappa shape index (κ1) is 18.9. The van der Waals surface area contributed by atoms with Crippen molar-refractivity contribution < 1.29 is 4.79 Å². The minimum absolute atomic E-state index is 0.0399. The Morgan fingerprint density at radius 3 is 2.59 bits per heavy atom. The summed E-state index contributed by atoms with van der Waals surface area (Å²) in [5.41, 5.74) is 4.94. The fourth-order valence-corrected chi connectivity index (χ4v) is 3.66. The molecule has 3 nitrogen and oxygen atoms in total. The number of hydrogen-bond donors (Lipinski definition) is 0. The molecule has 0 radical (unpaired) electrons. The molecule has 1 amide bonds. The Bertz CT molecular complexity index is 1040. The van der Waals surface area contributed by atoms with Gasteiger partial charge in [-0.3, -0.25) is 9.78 Å². The van der Waals surface area contributed by atoms with Crippen LogP contribution in [0, 0.1) is 0 Å². The lowest BCUT2D eigenvalue weighted by molar-refractivity contribution is 0.0798. The molecule has 0 spiro atoms. The Labute approximate surface area is 172 Å². The van der Waals surface area contributed by atoms with Crippen molar-refractivity contribution in [3.63, 3.8) is 0 Å². The van der Waals surface area contributed by atoms with Crippen LogP contribution in [0.15, 0.2) is 97.0 Å². The lowest BCUT2D eigenvalue weighted by Crippen LogP contribution is -2.31. The number of rotatable bonds is 4. The molecule has 1 aliphatic rings. The molecule has 0 saturated heterocycles. The maximum Gasteiger partial charge on any atom is 0.258 e. The molecule has 0 saturated carbocycles. The Morgan fingerprint density at radius 2 is 1.79 bits per heavy atom. The van der Waals surface area contributed by atoms with E-state index in [1.807, 2.05) is 71.8 Å². The molecule has 0 bridgehead atoms. The first-order chi connectivity index (χ1) is 14.2. The number of carbonyl (C=O) groups excluding carboxylic acids is 1. The van der Waals surface area contributed by atoms with Crippen LogP contribution in [0.5, 0.6) is 0 Å². The Balaban J connectivity index is 1.75. The standard InChI is InChI=1S/C26H24N2O/c1-20-13-15-23(16-14-21-10-7-17-27-18-21)28(19-22-8-3-2-4-9-22)26(29)25-12-6-5-11-24(20)25/h2-12,14-18,20H,13,19H2,1H3. The SMILES string of the molecule is CC1CC=C(C=Cc2cccnc2)N(Cc2ccccc2)C(=O)c2ccccc21. The van der Waals surface area contributed by atoms with Gasteiger partial charge in [0.2, 0.25) is 0 Å². The third-order valence-corrected chi connectivity index (χ3v) is 5.27. The third-order valence-electron chi connectivity index (χ3n) is 5.27. The molecule has 1 aromatic heterocycles. The van der Waals surface area contributed by atoms with Crippen LogP contribution in [0.4, 0.5) is 0 Å². The summed E-state index contributed by atoms with van der Waals surface area (Å²) < 4.78 is 0. The zero-order valence-electron chi connectivity index (χ0n) is 16.5. The first-order valence-corrected chi connectivity index (χ1v) is 9.95. The maximum atomic E-state index is 13.6. The molecule has 0 aliphatic carbocycles. The van der Waals surface area contributed by atoms with Gasteiger partial charge in [0.05, 0.1) is 6.54 Å². The van der Waals surface area contributed by atoms with Gasteiger partial charge in [0.25, 0.3) is 5.91 Å². The van der Waals surface area contributed by atoms with E-state index in [1.165, 1.54) is 0 Å². The van der Waals surface area contributed by atoms with E-state index >= 15 is 0 Å². The number of nitrogens with zero attached hydrogens (tertiary/aromatic N) is 2. The molecule has 2 aromatic carbocycles. The average molecular weight is 380 g/mol. The second kappa shape index (κ2) is 8.70. The minimum atomic E-state index is 0.0399. The van der Waals surface area contributed by atoms with Crippen LogP contribution in [0.2, 0.25) is 0 Å². The van der Waals surface area contributed by atoms with Gasteiger partial charge in [-0.05, 0) is 47.2 Å². The van der Waals surface area contributed by atoms with E-state index in [0.29, 0.717) is 6.54 Å². The number of benzene rings is 2. The number of amides is 1. The number of aromatic nitrogens is 1. The predicted octanol–water partition coefficient (Wildman–Crippen LogP) is 5.83. The molecule has 1 aliphatic heterocycles. The molecule has 2 heterocycles. The Morgan fingerprint density at radius 1 is 1.00 bits per heavy atom. The molecule has 3 aromatic rings. The fourth-order valence-electron chi connectivity index (χ4n) is 3.66. The summed E-state index contributed by atoms with van der Waals surface area (Å²) in [6.07, 6.45) is 10.7. The highest BCUT2D eigenvalue weighted by Crippen LogP contribution is 2.30. The smallest absolute Gasteiger partial charge is 0.258 e. The number of hydrogen-bond acceptors (Lipinski definition) is 2. The van der Waals surface area contributed by atoms with Crippen LogP contribution in [0.1, 0.15) is 46.3 Å². The van der Waals surface area contributed by atoms with Crippen molar-refractivity contribution >= 4 is 12.0 Å². The summed E-state index contributed by atoms with van der Waals surface area (Å²) in [4.78, 5) is 19.7. The molecule has 144 valence electrons. The van der Waals surface area contributed by atoms with E-state index < -0.39 is 0 Å². The van der Waals surface area contributed by atoms with Gasteiger partial charge in [0.1, 0.15) is 0 Å². The normalized spacial score (nSPS) is 16.9. The molecule has 1 atom stereocenters. The quantitative estimate of drug-likeness (QED) is 0.571. The lowest BCUT2D eigenvalue weighted by Gasteiger charge is -2.29. The van der Waals surface area contributed by atoms with Crippen molar-refractivity contribution in [3.05, 3.63) is 119 Å². The fraction of sp³-hybridized carbons (Fsp3) is 0.154. The molecule has 4 rings (SSSR count). The topological polar surface area (TPSA) is 33.2 Å². The number of carbonyl (C=O) groups is 1. The molecular weight excluding hydrogens is 356 g/mol. The first-order valence-electron chi connectivity index (χ1n) is 9.95. The van der Waals surface area contributed by atoms with Gasteiger partial charge in [-0.15, -0.1) is 0 Å². The molecule has 1 unspecified atom stereocenters. The van der Waals surface area contributed by atoms with Gasteiger partial charge in [-0.2, -0.15) is 0 Å². The van der Waals surface area contributed by atoms with Gasteiger partial charge in [0.15, 0.2) is 0 Å². The Hall–Kier alpha value is -3.46. The van der Waals surface area contributed by atoms with E-state index in [1.54, 1.807) is 6.20 Å². The van der Waals surface area contributed by atoms with Gasteiger partial charge in [0, 0.05) is 23.7 Å². The highest BCUT2D eigenvalue weighted by molar-refractivity contribution is 5.97. The van der Waals surface area contributed by atoms with Crippen molar-refractivity contribution in [3.8, 4) is 0 Å². The van der Waals surface area contributed by atoms with Gasteiger partial charge >= 0.3 is 0 Å². The second-order valence-corrected chi connectivity index (χ2v) is 7.35. The molecule has 0 fully saturated rings. The number of pyridine rings is 1.